The summed E-state index contributed by atoms with van der Waals surface area (Å²) in [4.78, 5) is 4.47. The van der Waals surface area contributed by atoms with Crippen LogP contribution in [0.1, 0.15) is 11.3 Å². The van der Waals surface area contributed by atoms with E-state index in [1.165, 1.54) is 15.6 Å². The molecule has 7 heteroatoms. The average molecular weight is 309 g/mol. The molecular formula is C13H15N3O2S2. The maximum Gasteiger partial charge on any atom is 0.243 e. The van der Waals surface area contributed by atoms with Gasteiger partial charge in [0.1, 0.15) is 0 Å². The highest BCUT2D eigenvalue weighted by molar-refractivity contribution is 7.89. The Morgan fingerprint density at radius 2 is 2.30 bits per heavy atom. The number of fused-ring (bicyclic) bond motifs is 1. The summed E-state index contributed by atoms with van der Waals surface area (Å²) in [5.74, 6) is 0. The van der Waals surface area contributed by atoms with E-state index in [0.29, 0.717) is 11.4 Å². The van der Waals surface area contributed by atoms with Crippen LogP contribution in [0, 0.1) is 0 Å². The van der Waals surface area contributed by atoms with Crippen LogP contribution in [0.25, 0.3) is 0 Å². The van der Waals surface area contributed by atoms with Gasteiger partial charge in [-0.05, 0) is 30.2 Å². The van der Waals surface area contributed by atoms with Gasteiger partial charge in [0.05, 0.1) is 22.6 Å². The van der Waals surface area contributed by atoms with E-state index in [4.69, 9.17) is 0 Å². The van der Waals surface area contributed by atoms with Gasteiger partial charge in [0, 0.05) is 24.7 Å². The highest BCUT2D eigenvalue weighted by Crippen LogP contribution is 2.26. The number of anilines is 1. The number of sulfonamides is 1. The van der Waals surface area contributed by atoms with Gasteiger partial charge in [-0.15, -0.1) is 11.3 Å². The SMILES string of the molecule is CN(Cc1cscn1)S(=O)(=O)c1ccc2c(c1)CCN2. The summed E-state index contributed by atoms with van der Waals surface area (Å²) in [6, 6.07) is 5.26. The maximum atomic E-state index is 12.5. The lowest BCUT2D eigenvalue weighted by atomic mass is 10.2. The lowest BCUT2D eigenvalue weighted by molar-refractivity contribution is 0.463. The Bertz CT molecular complexity index is 711. The zero-order valence-electron chi connectivity index (χ0n) is 11.0. The monoisotopic (exact) mass is 309 g/mol. The molecule has 1 N–H and O–H groups in total. The van der Waals surface area contributed by atoms with Crippen molar-refractivity contribution in [3.63, 3.8) is 0 Å². The van der Waals surface area contributed by atoms with Crippen LogP contribution in [-0.2, 0) is 23.0 Å². The topological polar surface area (TPSA) is 62.3 Å². The molecule has 1 aliphatic rings. The van der Waals surface area contributed by atoms with Crippen LogP contribution in [0.2, 0.25) is 0 Å². The molecule has 1 aromatic carbocycles. The maximum absolute atomic E-state index is 12.5. The minimum Gasteiger partial charge on any atom is -0.384 e. The van der Waals surface area contributed by atoms with Crippen LogP contribution in [0.5, 0.6) is 0 Å². The van der Waals surface area contributed by atoms with Crippen molar-refractivity contribution in [3.8, 4) is 0 Å². The Kier molecular flexibility index (Phi) is 3.49. The molecule has 0 bridgehead atoms. The molecule has 0 saturated carbocycles. The van der Waals surface area contributed by atoms with Crippen LogP contribution < -0.4 is 5.32 Å². The molecule has 0 fully saturated rings. The molecule has 5 nitrogen and oxygen atoms in total. The van der Waals surface area contributed by atoms with E-state index in [2.05, 4.69) is 10.3 Å². The molecule has 20 heavy (non-hydrogen) atoms. The standard InChI is InChI=1S/C13H15N3O2S2/c1-16(7-11-8-19-9-15-11)20(17,18)12-2-3-13-10(6-12)4-5-14-13/h2-3,6,8-9,14H,4-5,7H2,1H3. The molecule has 0 radical (unpaired) electrons. The number of nitrogens with zero attached hydrogens (tertiary/aromatic N) is 2. The van der Waals surface area contributed by atoms with Gasteiger partial charge in [-0.3, -0.25) is 0 Å². The quantitative estimate of drug-likeness (QED) is 0.937. The highest BCUT2D eigenvalue weighted by Gasteiger charge is 2.23. The van der Waals surface area contributed by atoms with Crippen molar-refractivity contribution in [1.82, 2.24) is 9.29 Å². The van der Waals surface area contributed by atoms with Crippen molar-refractivity contribution in [3.05, 3.63) is 40.3 Å². The summed E-state index contributed by atoms with van der Waals surface area (Å²) in [6.45, 7) is 1.16. The number of benzene rings is 1. The number of hydrogen-bond acceptors (Lipinski definition) is 5. The second kappa shape index (κ2) is 5.16. The molecule has 0 spiro atoms. The third kappa shape index (κ3) is 2.44. The van der Waals surface area contributed by atoms with Crippen molar-refractivity contribution in [2.75, 3.05) is 18.9 Å². The first-order valence-corrected chi connectivity index (χ1v) is 8.66. The normalized spacial score (nSPS) is 14.3. The first-order valence-electron chi connectivity index (χ1n) is 6.27. The predicted octanol–water partition coefficient (Wildman–Crippen LogP) is 1.93. The smallest absolute Gasteiger partial charge is 0.243 e. The molecule has 2 aromatic rings. The molecule has 0 aliphatic carbocycles. The fourth-order valence-electron chi connectivity index (χ4n) is 2.25. The van der Waals surface area contributed by atoms with Gasteiger partial charge in [-0.2, -0.15) is 4.31 Å². The second-order valence-electron chi connectivity index (χ2n) is 4.74. The minimum atomic E-state index is -3.47. The zero-order chi connectivity index (χ0) is 14.2. The largest absolute Gasteiger partial charge is 0.384 e. The molecule has 0 atom stereocenters. The van der Waals surface area contributed by atoms with Gasteiger partial charge >= 0.3 is 0 Å². The number of thiazole rings is 1. The van der Waals surface area contributed by atoms with Crippen LogP contribution in [0.15, 0.2) is 34.0 Å². The molecule has 1 aromatic heterocycles. The molecular weight excluding hydrogens is 294 g/mol. The van der Waals surface area contributed by atoms with E-state index >= 15 is 0 Å². The van der Waals surface area contributed by atoms with Gasteiger partial charge in [0.25, 0.3) is 0 Å². The van der Waals surface area contributed by atoms with E-state index in [1.807, 2.05) is 11.4 Å². The highest BCUT2D eigenvalue weighted by atomic mass is 32.2. The number of aromatic nitrogens is 1. The summed E-state index contributed by atoms with van der Waals surface area (Å²) in [5, 5.41) is 5.09. The lowest BCUT2D eigenvalue weighted by Gasteiger charge is -2.16. The first kappa shape index (κ1) is 13.5. The summed E-state index contributed by atoms with van der Waals surface area (Å²) in [5.41, 5.74) is 4.57. The first-order chi connectivity index (χ1) is 9.57. The molecule has 3 rings (SSSR count). The third-order valence-electron chi connectivity index (χ3n) is 3.36. The number of hydrogen-bond donors (Lipinski definition) is 1. The third-order valence-corrected chi connectivity index (χ3v) is 5.80. The molecule has 1 aliphatic heterocycles. The van der Waals surface area contributed by atoms with Crippen molar-refractivity contribution < 1.29 is 8.42 Å². The van der Waals surface area contributed by atoms with Gasteiger partial charge < -0.3 is 5.32 Å². The van der Waals surface area contributed by atoms with E-state index < -0.39 is 10.0 Å². The molecule has 0 unspecified atom stereocenters. The van der Waals surface area contributed by atoms with Crippen molar-refractivity contribution in [1.29, 1.82) is 0 Å². The Morgan fingerprint density at radius 1 is 1.45 bits per heavy atom. The summed E-state index contributed by atoms with van der Waals surface area (Å²) < 4.78 is 26.4. The predicted molar refractivity (Wildman–Crippen MR) is 79.4 cm³/mol. The lowest BCUT2D eigenvalue weighted by Crippen LogP contribution is -2.26. The molecule has 2 heterocycles. The van der Waals surface area contributed by atoms with E-state index in [0.717, 1.165) is 29.9 Å². The average Bonchev–Trinajstić information content (AvgIpc) is 3.07. The van der Waals surface area contributed by atoms with Gasteiger partial charge in [-0.25, -0.2) is 13.4 Å². The van der Waals surface area contributed by atoms with Crippen molar-refractivity contribution in [2.24, 2.45) is 0 Å². The molecule has 0 saturated heterocycles. The van der Waals surface area contributed by atoms with Crippen molar-refractivity contribution in [2.45, 2.75) is 17.9 Å². The molecule has 0 amide bonds. The Balaban J connectivity index is 1.87. The van der Waals surface area contributed by atoms with Crippen LogP contribution in [0.3, 0.4) is 0 Å². The number of rotatable bonds is 4. The van der Waals surface area contributed by atoms with Crippen molar-refractivity contribution >= 4 is 27.0 Å². The fraction of sp³-hybridized carbons (Fsp3) is 0.308. The van der Waals surface area contributed by atoms with E-state index in [9.17, 15) is 8.42 Å². The van der Waals surface area contributed by atoms with Crippen LogP contribution >= 0.6 is 11.3 Å². The van der Waals surface area contributed by atoms with Crippen LogP contribution in [0.4, 0.5) is 5.69 Å². The summed E-state index contributed by atoms with van der Waals surface area (Å²) in [7, 11) is -1.88. The van der Waals surface area contributed by atoms with Crippen LogP contribution in [-0.4, -0.2) is 31.3 Å². The summed E-state index contributed by atoms with van der Waals surface area (Å²) >= 11 is 1.46. The zero-order valence-corrected chi connectivity index (χ0v) is 12.7. The number of nitrogens with one attached hydrogen (secondary N) is 1. The summed E-state index contributed by atoms with van der Waals surface area (Å²) in [6.07, 6.45) is 0.870. The Labute approximate surface area is 122 Å². The Hall–Kier alpha value is -1.44. The molecule has 106 valence electrons. The van der Waals surface area contributed by atoms with Gasteiger partial charge in [0.2, 0.25) is 10.0 Å². The van der Waals surface area contributed by atoms with Gasteiger partial charge in [-0.1, -0.05) is 0 Å². The Morgan fingerprint density at radius 3 is 3.05 bits per heavy atom. The van der Waals surface area contributed by atoms with Gasteiger partial charge in [0.15, 0.2) is 0 Å². The van der Waals surface area contributed by atoms with E-state index in [-0.39, 0.29) is 0 Å². The fourth-order valence-corrected chi connectivity index (χ4v) is 3.99. The second-order valence-corrected chi connectivity index (χ2v) is 7.50. The minimum absolute atomic E-state index is 0.293. The van der Waals surface area contributed by atoms with E-state index in [1.54, 1.807) is 24.7 Å².